The summed E-state index contributed by atoms with van der Waals surface area (Å²) in [4.78, 5) is 11.5. The molecule has 16 heavy (non-hydrogen) atoms. The number of aromatic hydroxyl groups is 1. The molecule has 0 aliphatic carbocycles. The molecule has 0 aliphatic rings. The van der Waals surface area contributed by atoms with Crippen molar-refractivity contribution in [1.29, 1.82) is 0 Å². The second-order valence-electron chi connectivity index (χ2n) is 3.30. The van der Waals surface area contributed by atoms with Crippen LogP contribution < -0.4 is 4.74 Å². The smallest absolute Gasteiger partial charge is 0.166 e. The zero-order valence-electron chi connectivity index (χ0n) is 9.53. The minimum Gasteiger partial charge on any atom is -0.507 e. The summed E-state index contributed by atoms with van der Waals surface area (Å²) in [6.45, 7) is 2.65. The molecule has 1 aromatic carbocycles. The van der Waals surface area contributed by atoms with Crippen LogP contribution in [0.5, 0.6) is 11.5 Å². The van der Waals surface area contributed by atoms with E-state index in [9.17, 15) is 9.90 Å². The highest BCUT2D eigenvalue weighted by Gasteiger charge is 2.10. The SMILES string of the molecule is CCC(=O)c1cc(OCCOC)ccc1O. The molecule has 0 amide bonds. The molecule has 0 bridgehead atoms. The Kier molecular flexibility index (Phi) is 4.79. The third-order valence-corrected chi connectivity index (χ3v) is 2.15. The number of phenolic OH excluding ortho intramolecular Hbond substituents is 1. The fourth-order valence-corrected chi connectivity index (χ4v) is 1.26. The third-order valence-electron chi connectivity index (χ3n) is 2.15. The molecule has 88 valence electrons. The zero-order chi connectivity index (χ0) is 12.0. The van der Waals surface area contributed by atoms with Gasteiger partial charge in [-0.15, -0.1) is 0 Å². The normalized spacial score (nSPS) is 10.1. The highest BCUT2D eigenvalue weighted by molar-refractivity contribution is 5.98. The lowest BCUT2D eigenvalue weighted by atomic mass is 10.1. The van der Waals surface area contributed by atoms with Gasteiger partial charge in [0.2, 0.25) is 0 Å². The maximum Gasteiger partial charge on any atom is 0.166 e. The molecule has 0 saturated carbocycles. The average molecular weight is 224 g/mol. The van der Waals surface area contributed by atoms with Gasteiger partial charge in [-0.1, -0.05) is 6.92 Å². The van der Waals surface area contributed by atoms with Gasteiger partial charge in [-0.2, -0.15) is 0 Å². The van der Waals surface area contributed by atoms with Crippen LogP contribution >= 0.6 is 0 Å². The van der Waals surface area contributed by atoms with Crippen molar-refractivity contribution >= 4 is 5.78 Å². The molecule has 0 fully saturated rings. The van der Waals surface area contributed by atoms with Crippen LogP contribution in [-0.4, -0.2) is 31.2 Å². The van der Waals surface area contributed by atoms with Gasteiger partial charge >= 0.3 is 0 Å². The number of hydrogen-bond acceptors (Lipinski definition) is 4. The molecule has 0 atom stereocenters. The van der Waals surface area contributed by atoms with Crippen molar-refractivity contribution in [3.63, 3.8) is 0 Å². The van der Waals surface area contributed by atoms with E-state index in [0.29, 0.717) is 30.9 Å². The maximum absolute atomic E-state index is 11.5. The van der Waals surface area contributed by atoms with Gasteiger partial charge in [-0.3, -0.25) is 4.79 Å². The van der Waals surface area contributed by atoms with E-state index in [-0.39, 0.29) is 11.5 Å². The monoisotopic (exact) mass is 224 g/mol. The van der Waals surface area contributed by atoms with E-state index in [1.165, 1.54) is 6.07 Å². The van der Waals surface area contributed by atoms with E-state index < -0.39 is 0 Å². The molecule has 4 nitrogen and oxygen atoms in total. The Labute approximate surface area is 94.8 Å². The lowest BCUT2D eigenvalue weighted by Crippen LogP contribution is -2.05. The quantitative estimate of drug-likeness (QED) is 0.593. The summed E-state index contributed by atoms with van der Waals surface area (Å²) >= 11 is 0. The van der Waals surface area contributed by atoms with Gasteiger partial charge in [0.25, 0.3) is 0 Å². The first-order valence-corrected chi connectivity index (χ1v) is 5.17. The maximum atomic E-state index is 11.5. The van der Waals surface area contributed by atoms with E-state index in [2.05, 4.69) is 0 Å². The van der Waals surface area contributed by atoms with Crippen molar-refractivity contribution in [3.05, 3.63) is 23.8 Å². The first kappa shape index (κ1) is 12.5. The van der Waals surface area contributed by atoms with Gasteiger partial charge in [0, 0.05) is 13.5 Å². The van der Waals surface area contributed by atoms with Crippen LogP contribution in [0.2, 0.25) is 0 Å². The Morgan fingerprint density at radius 2 is 2.12 bits per heavy atom. The number of benzene rings is 1. The number of methoxy groups -OCH3 is 1. The molecule has 1 N–H and O–H groups in total. The van der Waals surface area contributed by atoms with Crippen LogP contribution in [0.3, 0.4) is 0 Å². The average Bonchev–Trinajstić information content (AvgIpc) is 2.30. The molecule has 1 rings (SSSR count). The number of carbonyl (C=O) groups excluding carboxylic acids is 1. The number of ketones is 1. The van der Waals surface area contributed by atoms with Crippen molar-refractivity contribution in [2.24, 2.45) is 0 Å². The molecule has 4 heteroatoms. The van der Waals surface area contributed by atoms with Crippen LogP contribution in [-0.2, 0) is 4.74 Å². The van der Waals surface area contributed by atoms with Crippen LogP contribution in [0, 0.1) is 0 Å². The standard InChI is InChI=1S/C12H16O4/c1-3-11(13)10-8-9(4-5-12(10)14)16-7-6-15-2/h4-5,8,14H,3,6-7H2,1-2H3. The lowest BCUT2D eigenvalue weighted by Gasteiger charge is -2.08. The summed E-state index contributed by atoms with van der Waals surface area (Å²) in [5, 5.41) is 9.51. The summed E-state index contributed by atoms with van der Waals surface area (Å²) in [5.41, 5.74) is 0.303. The Hall–Kier alpha value is -1.55. The van der Waals surface area contributed by atoms with Crippen molar-refractivity contribution in [2.75, 3.05) is 20.3 Å². The number of hydrogen-bond donors (Lipinski definition) is 1. The molecule has 0 unspecified atom stereocenters. The number of rotatable bonds is 6. The molecular formula is C12H16O4. The minimum atomic E-state index is -0.102. The Morgan fingerprint density at radius 1 is 1.38 bits per heavy atom. The van der Waals surface area contributed by atoms with E-state index in [1.807, 2.05) is 0 Å². The van der Waals surface area contributed by atoms with Crippen LogP contribution in [0.1, 0.15) is 23.7 Å². The third kappa shape index (κ3) is 3.24. The first-order valence-electron chi connectivity index (χ1n) is 5.17. The van der Waals surface area contributed by atoms with Gasteiger partial charge in [-0.05, 0) is 18.2 Å². The second kappa shape index (κ2) is 6.12. The lowest BCUT2D eigenvalue weighted by molar-refractivity contribution is 0.0984. The summed E-state index contributed by atoms with van der Waals surface area (Å²) < 4.78 is 10.2. The molecule has 0 saturated heterocycles. The number of ether oxygens (including phenoxy) is 2. The fraction of sp³-hybridized carbons (Fsp3) is 0.417. The van der Waals surface area contributed by atoms with Crippen LogP contribution in [0.15, 0.2) is 18.2 Å². The van der Waals surface area contributed by atoms with Gasteiger partial charge in [0.15, 0.2) is 5.78 Å². The summed E-state index contributed by atoms with van der Waals surface area (Å²) in [6.07, 6.45) is 0.356. The van der Waals surface area contributed by atoms with Crippen molar-refractivity contribution in [2.45, 2.75) is 13.3 Å². The largest absolute Gasteiger partial charge is 0.507 e. The molecular weight excluding hydrogens is 208 g/mol. The van der Waals surface area contributed by atoms with Crippen molar-refractivity contribution in [3.8, 4) is 11.5 Å². The van der Waals surface area contributed by atoms with Gasteiger partial charge in [-0.25, -0.2) is 0 Å². The molecule has 0 heterocycles. The van der Waals surface area contributed by atoms with Crippen LogP contribution in [0.4, 0.5) is 0 Å². The topological polar surface area (TPSA) is 55.8 Å². The van der Waals surface area contributed by atoms with Crippen molar-refractivity contribution < 1.29 is 19.4 Å². The van der Waals surface area contributed by atoms with Gasteiger partial charge in [0.1, 0.15) is 18.1 Å². The van der Waals surface area contributed by atoms with E-state index in [1.54, 1.807) is 26.2 Å². The number of phenols is 1. The van der Waals surface area contributed by atoms with E-state index in [4.69, 9.17) is 9.47 Å². The van der Waals surface area contributed by atoms with Crippen molar-refractivity contribution in [1.82, 2.24) is 0 Å². The summed E-state index contributed by atoms with van der Waals surface area (Å²) in [5.74, 6) is 0.451. The molecule has 0 aliphatic heterocycles. The highest BCUT2D eigenvalue weighted by Crippen LogP contribution is 2.24. The Balaban J connectivity index is 2.77. The minimum absolute atomic E-state index is 0.00839. The molecule has 0 aromatic heterocycles. The summed E-state index contributed by atoms with van der Waals surface area (Å²) in [7, 11) is 1.59. The Morgan fingerprint density at radius 3 is 2.75 bits per heavy atom. The van der Waals surface area contributed by atoms with E-state index >= 15 is 0 Å². The van der Waals surface area contributed by atoms with Gasteiger partial charge in [0.05, 0.1) is 12.2 Å². The van der Waals surface area contributed by atoms with Crippen LogP contribution in [0.25, 0.3) is 0 Å². The number of Topliss-reactive ketones (excluding diaryl/α,β-unsaturated/α-hetero) is 1. The van der Waals surface area contributed by atoms with E-state index in [0.717, 1.165) is 0 Å². The number of carbonyl (C=O) groups is 1. The highest BCUT2D eigenvalue weighted by atomic mass is 16.5. The fourth-order valence-electron chi connectivity index (χ4n) is 1.26. The molecule has 1 aromatic rings. The molecule has 0 spiro atoms. The molecule has 0 radical (unpaired) electrons. The Bertz CT molecular complexity index is 360. The predicted octanol–water partition coefficient (Wildman–Crippen LogP) is 2.01. The second-order valence-corrected chi connectivity index (χ2v) is 3.30. The van der Waals surface area contributed by atoms with Gasteiger partial charge < -0.3 is 14.6 Å². The predicted molar refractivity (Wildman–Crippen MR) is 60.1 cm³/mol. The first-order chi connectivity index (χ1) is 7.69. The summed E-state index contributed by atoms with van der Waals surface area (Å²) in [6, 6.07) is 4.64. The zero-order valence-corrected chi connectivity index (χ0v) is 9.53.